The number of hydrogen-bond donors (Lipinski definition) is 1. The minimum atomic E-state index is 0.664. The lowest BCUT2D eigenvalue weighted by molar-refractivity contribution is 0.427. The minimum Gasteiger partial charge on any atom is -0.399 e. The zero-order valence-electron chi connectivity index (χ0n) is 10.7. The van der Waals surface area contributed by atoms with Crippen LogP contribution < -0.4 is 10.6 Å². The average molecular weight is 261 g/mol. The van der Waals surface area contributed by atoms with Gasteiger partial charge in [0, 0.05) is 18.8 Å². The summed E-state index contributed by atoms with van der Waals surface area (Å²) in [5, 5.41) is 1.13. The first-order valence-electron chi connectivity index (χ1n) is 6.63. The van der Waals surface area contributed by atoms with E-state index in [0.29, 0.717) is 6.04 Å². The molecule has 2 aromatic rings. The van der Waals surface area contributed by atoms with Gasteiger partial charge >= 0.3 is 0 Å². The van der Waals surface area contributed by atoms with E-state index in [4.69, 9.17) is 10.7 Å². The molecule has 1 aliphatic carbocycles. The van der Waals surface area contributed by atoms with Crippen molar-refractivity contribution in [1.29, 1.82) is 0 Å². The van der Waals surface area contributed by atoms with Gasteiger partial charge in [-0.2, -0.15) is 0 Å². The van der Waals surface area contributed by atoms with Crippen LogP contribution in [-0.4, -0.2) is 18.1 Å². The molecule has 0 unspecified atom stereocenters. The molecule has 4 heteroatoms. The Hall–Kier alpha value is -1.29. The normalized spacial score (nSPS) is 17.2. The molecule has 1 heterocycles. The first-order valence-corrected chi connectivity index (χ1v) is 7.44. The Morgan fingerprint density at radius 3 is 2.83 bits per heavy atom. The molecule has 0 radical (unpaired) electrons. The van der Waals surface area contributed by atoms with Crippen LogP contribution in [0.4, 0.5) is 10.8 Å². The van der Waals surface area contributed by atoms with Crippen molar-refractivity contribution in [2.75, 3.05) is 17.7 Å². The predicted molar refractivity (Wildman–Crippen MR) is 79.3 cm³/mol. The molecular weight excluding hydrogens is 242 g/mol. The molecular formula is C14H19N3S. The van der Waals surface area contributed by atoms with E-state index >= 15 is 0 Å². The number of fused-ring (bicyclic) bond motifs is 1. The van der Waals surface area contributed by atoms with Gasteiger partial charge in [-0.15, -0.1) is 0 Å². The van der Waals surface area contributed by atoms with Crippen LogP contribution in [0, 0.1) is 0 Å². The van der Waals surface area contributed by atoms with Gasteiger partial charge in [-0.1, -0.05) is 30.6 Å². The highest BCUT2D eigenvalue weighted by Gasteiger charge is 2.20. The Bertz CT molecular complexity index is 543. The molecule has 0 spiro atoms. The van der Waals surface area contributed by atoms with Crippen molar-refractivity contribution in [3.05, 3.63) is 18.2 Å². The lowest BCUT2D eigenvalue weighted by Gasteiger charge is -2.30. The molecule has 3 rings (SSSR count). The van der Waals surface area contributed by atoms with Gasteiger partial charge < -0.3 is 10.6 Å². The summed E-state index contributed by atoms with van der Waals surface area (Å²) in [6, 6.07) is 6.62. The Kier molecular flexibility index (Phi) is 3.12. The summed E-state index contributed by atoms with van der Waals surface area (Å²) < 4.78 is 1.19. The maximum absolute atomic E-state index is 5.82. The number of benzene rings is 1. The fourth-order valence-corrected chi connectivity index (χ4v) is 3.75. The van der Waals surface area contributed by atoms with Gasteiger partial charge in [-0.05, 0) is 31.0 Å². The summed E-state index contributed by atoms with van der Waals surface area (Å²) in [4.78, 5) is 7.08. The third-order valence-electron chi connectivity index (χ3n) is 3.83. The van der Waals surface area contributed by atoms with Crippen LogP contribution in [0.25, 0.3) is 10.2 Å². The predicted octanol–water partition coefficient (Wildman–Crippen LogP) is 3.65. The van der Waals surface area contributed by atoms with E-state index in [-0.39, 0.29) is 0 Å². The fourth-order valence-electron chi connectivity index (χ4n) is 2.70. The van der Waals surface area contributed by atoms with Crippen LogP contribution in [0.5, 0.6) is 0 Å². The van der Waals surface area contributed by atoms with Crippen LogP contribution in [0.15, 0.2) is 18.2 Å². The molecule has 2 N–H and O–H groups in total. The van der Waals surface area contributed by atoms with E-state index in [1.807, 2.05) is 18.2 Å². The summed E-state index contributed by atoms with van der Waals surface area (Å²) in [7, 11) is 2.18. The van der Waals surface area contributed by atoms with Crippen LogP contribution >= 0.6 is 11.3 Å². The van der Waals surface area contributed by atoms with Crippen molar-refractivity contribution in [3.8, 4) is 0 Å². The smallest absolute Gasteiger partial charge is 0.186 e. The molecule has 1 saturated carbocycles. The van der Waals surface area contributed by atoms with Crippen molar-refractivity contribution in [2.24, 2.45) is 0 Å². The molecule has 1 fully saturated rings. The summed E-state index contributed by atoms with van der Waals surface area (Å²) in [5.74, 6) is 0. The maximum atomic E-state index is 5.82. The van der Waals surface area contributed by atoms with E-state index in [1.54, 1.807) is 11.3 Å². The number of anilines is 2. The zero-order chi connectivity index (χ0) is 12.5. The van der Waals surface area contributed by atoms with E-state index in [2.05, 4.69) is 11.9 Å². The molecule has 1 aromatic heterocycles. The largest absolute Gasteiger partial charge is 0.399 e. The number of aromatic nitrogens is 1. The highest BCUT2D eigenvalue weighted by atomic mass is 32.1. The summed E-state index contributed by atoms with van der Waals surface area (Å²) in [5.41, 5.74) is 7.70. The molecule has 1 aliphatic rings. The standard InChI is InChI=1S/C14H19N3S/c1-17(11-5-3-2-4-6-11)14-16-12-8-7-10(15)9-13(12)18-14/h7-9,11H,2-6,15H2,1H3. The highest BCUT2D eigenvalue weighted by molar-refractivity contribution is 7.22. The third-order valence-corrected chi connectivity index (χ3v) is 4.93. The topological polar surface area (TPSA) is 42.2 Å². The van der Waals surface area contributed by atoms with Crippen molar-refractivity contribution >= 4 is 32.4 Å². The number of nitrogen functional groups attached to an aromatic ring is 1. The van der Waals surface area contributed by atoms with Crippen molar-refractivity contribution in [1.82, 2.24) is 4.98 Å². The van der Waals surface area contributed by atoms with Gasteiger partial charge in [0.25, 0.3) is 0 Å². The highest BCUT2D eigenvalue weighted by Crippen LogP contribution is 2.33. The summed E-state index contributed by atoms with van der Waals surface area (Å²) in [6.07, 6.45) is 6.70. The van der Waals surface area contributed by atoms with Gasteiger partial charge in [-0.3, -0.25) is 0 Å². The van der Waals surface area contributed by atoms with Gasteiger partial charge in [0.2, 0.25) is 0 Å². The Balaban J connectivity index is 1.88. The second-order valence-corrected chi connectivity index (χ2v) is 6.14. The van der Waals surface area contributed by atoms with Crippen molar-refractivity contribution < 1.29 is 0 Å². The lowest BCUT2D eigenvalue weighted by atomic mass is 9.95. The Labute approximate surface area is 112 Å². The maximum Gasteiger partial charge on any atom is 0.186 e. The number of nitrogens with two attached hydrogens (primary N) is 1. The first kappa shape index (κ1) is 11.8. The molecule has 0 saturated heterocycles. The molecule has 0 aliphatic heterocycles. The Morgan fingerprint density at radius 1 is 1.28 bits per heavy atom. The van der Waals surface area contributed by atoms with Gasteiger partial charge in [0.15, 0.2) is 5.13 Å². The molecule has 0 bridgehead atoms. The van der Waals surface area contributed by atoms with Crippen LogP contribution in [0.1, 0.15) is 32.1 Å². The number of rotatable bonds is 2. The van der Waals surface area contributed by atoms with Crippen molar-refractivity contribution in [3.63, 3.8) is 0 Å². The molecule has 0 amide bonds. The molecule has 96 valence electrons. The lowest BCUT2D eigenvalue weighted by Crippen LogP contribution is -2.33. The van der Waals surface area contributed by atoms with Crippen molar-refractivity contribution in [2.45, 2.75) is 38.1 Å². The van der Waals surface area contributed by atoms with E-state index in [1.165, 1.54) is 36.8 Å². The molecule has 18 heavy (non-hydrogen) atoms. The molecule has 3 nitrogen and oxygen atoms in total. The number of hydrogen-bond acceptors (Lipinski definition) is 4. The summed E-state index contributed by atoms with van der Waals surface area (Å²) in [6.45, 7) is 0. The monoisotopic (exact) mass is 261 g/mol. The number of nitrogens with zero attached hydrogens (tertiary/aromatic N) is 2. The number of thiazole rings is 1. The van der Waals surface area contributed by atoms with Crippen LogP contribution in [-0.2, 0) is 0 Å². The SMILES string of the molecule is CN(c1nc2ccc(N)cc2s1)C1CCCCC1. The second kappa shape index (κ2) is 4.76. The third kappa shape index (κ3) is 2.17. The quantitative estimate of drug-likeness (QED) is 0.839. The van der Waals surface area contributed by atoms with E-state index < -0.39 is 0 Å². The first-order chi connectivity index (χ1) is 8.74. The van der Waals surface area contributed by atoms with Gasteiger partial charge in [-0.25, -0.2) is 4.98 Å². The molecule has 1 aromatic carbocycles. The van der Waals surface area contributed by atoms with Gasteiger partial charge in [0.1, 0.15) is 0 Å². The Morgan fingerprint density at radius 2 is 2.06 bits per heavy atom. The second-order valence-electron chi connectivity index (χ2n) is 5.13. The van der Waals surface area contributed by atoms with E-state index in [0.717, 1.165) is 16.3 Å². The van der Waals surface area contributed by atoms with Crippen LogP contribution in [0.3, 0.4) is 0 Å². The van der Waals surface area contributed by atoms with Crippen LogP contribution in [0.2, 0.25) is 0 Å². The fraction of sp³-hybridized carbons (Fsp3) is 0.500. The van der Waals surface area contributed by atoms with Gasteiger partial charge in [0.05, 0.1) is 10.2 Å². The molecule has 0 atom stereocenters. The average Bonchev–Trinajstić information content (AvgIpc) is 2.81. The van der Waals surface area contributed by atoms with E-state index in [9.17, 15) is 0 Å². The zero-order valence-corrected chi connectivity index (χ0v) is 11.5. The summed E-state index contributed by atoms with van der Waals surface area (Å²) >= 11 is 1.75. The minimum absolute atomic E-state index is 0.664.